The number of benzene rings is 3. The summed E-state index contributed by atoms with van der Waals surface area (Å²) in [5, 5.41) is 90.1. The number of aryl methyl sites for hydroxylation is 1. The van der Waals surface area contributed by atoms with Crippen LogP contribution in [0.25, 0.3) is 22.9 Å². The minimum Gasteiger partial charge on any atom is -0.508 e. The van der Waals surface area contributed by atoms with Crippen molar-refractivity contribution in [3.05, 3.63) is 177 Å². The van der Waals surface area contributed by atoms with Crippen molar-refractivity contribution in [1.82, 2.24) is 0 Å². The summed E-state index contributed by atoms with van der Waals surface area (Å²) in [5.41, 5.74) is 4.56. The Morgan fingerprint density at radius 2 is 1.11 bits per heavy atom. The van der Waals surface area contributed by atoms with Gasteiger partial charge in [0.15, 0.2) is 0 Å². The molecule has 9 rings (SSSR count). The van der Waals surface area contributed by atoms with E-state index in [2.05, 4.69) is 12.1 Å². The van der Waals surface area contributed by atoms with Gasteiger partial charge in [-0.25, -0.2) is 0 Å². The third-order valence-electron chi connectivity index (χ3n) is 10.9. The minimum absolute atomic E-state index is 0.0631. The summed E-state index contributed by atoms with van der Waals surface area (Å²) < 4.78 is 0. The van der Waals surface area contributed by atoms with Crippen LogP contribution in [0.2, 0.25) is 0 Å². The zero-order valence-electron chi connectivity index (χ0n) is 30.5. The quantitative estimate of drug-likeness (QED) is 0.0578. The second-order valence-corrected chi connectivity index (χ2v) is 14.2. The normalized spacial score (nSPS) is 16.9. The summed E-state index contributed by atoms with van der Waals surface area (Å²) in [4.78, 5) is 0. The van der Waals surface area contributed by atoms with Crippen LogP contribution in [0.3, 0.4) is 0 Å². The number of rotatable bonds is 8. The summed E-state index contributed by atoms with van der Waals surface area (Å²) >= 11 is 0. The van der Waals surface area contributed by atoms with Crippen LogP contribution in [0.15, 0.2) is 127 Å². The highest BCUT2D eigenvalue weighted by molar-refractivity contribution is 5.85. The molecule has 0 aromatic heterocycles. The molecule has 0 aliphatic heterocycles. The van der Waals surface area contributed by atoms with E-state index in [0.717, 1.165) is 38.6 Å². The average molecular weight is 735 g/mol. The highest BCUT2D eigenvalue weighted by Crippen LogP contribution is 2.54. The highest BCUT2D eigenvalue weighted by atomic mass is 16.3. The van der Waals surface area contributed by atoms with Gasteiger partial charge in [0.2, 0.25) is 0 Å². The summed E-state index contributed by atoms with van der Waals surface area (Å²) in [6, 6.07) is 24.9. The Morgan fingerprint density at radius 1 is 0.618 bits per heavy atom. The van der Waals surface area contributed by atoms with Gasteiger partial charge in [-0.3, -0.25) is 0 Å². The first-order chi connectivity index (χ1) is 26.3. The number of aliphatic hydroxyl groups is 2. The lowest BCUT2D eigenvalue weighted by Gasteiger charge is -2.41. The monoisotopic (exact) mass is 734 g/mol. The molecule has 6 aromatic carbocycles. The molecular formula is C47H42O8. The fourth-order valence-corrected chi connectivity index (χ4v) is 8.38. The standard InChI is InChI=1S/C47H42O8/c1-4-32(48)12-16-39(52)46(38-15-11-35(51)25-42(38)55)47-19-17-29-21-28-7-5-6-8-31(22-30(29)18-20-47)45(47)27(3)43(26(28)2)44(36-13-9-33(49)23-40(36)53)37-14-10-34(50)24-41(37)54/h4-25,39,44,46,48-55H,1-3H3/b6-5?,7-5?,8-6?,16-12-,28-7?,28-21?,28-26?,29-21?,31-8?,32-4+,43-26?,43-27?,45-27?. The van der Waals surface area contributed by atoms with E-state index in [4.69, 9.17) is 0 Å². The summed E-state index contributed by atoms with van der Waals surface area (Å²) in [6.45, 7) is 5.60. The van der Waals surface area contributed by atoms with E-state index in [0.29, 0.717) is 22.3 Å². The van der Waals surface area contributed by atoms with Crippen molar-refractivity contribution in [1.29, 1.82) is 0 Å². The van der Waals surface area contributed by atoms with E-state index in [1.807, 2.05) is 62.4 Å². The summed E-state index contributed by atoms with van der Waals surface area (Å²) in [5.74, 6) is -3.01. The van der Waals surface area contributed by atoms with Gasteiger partial charge in [-0.15, -0.1) is 0 Å². The Kier molecular flexibility index (Phi) is 9.55. The third-order valence-corrected chi connectivity index (χ3v) is 10.9. The van der Waals surface area contributed by atoms with E-state index in [1.54, 1.807) is 25.1 Å². The first kappa shape index (κ1) is 36.7. The molecule has 8 heteroatoms. The number of phenolic OH excluding ortho intramolecular Hbond substituents is 6. The Morgan fingerprint density at radius 3 is 1.62 bits per heavy atom. The van der Waals surface area contributed by atoms with Crippen molar-refractivity contribution in [3.63, 3.8) is 0 Å². The Balaban J connectivity index is 1.71. The summed E-state index contributed by atoms with van der Waals surface area (Å²) in [7, 11) is 0. The van der Waals surface area contributed by atoms with E-state index in [9.17, 15) is 40.9 Å². The molecule has 3 atom stereocenters. The molecule has 0 heterocycles. The Bertz CT molecular complexity index is 2490. The Hall–Kier alpha value is -6.64. The number of aliphatic hydroxyl groups excluding tert-OH is 2. The number of hydrogen-bond donors (Lipinski definition) is 8. The van der Waals surface area contributed by atoms with Crippen molar-refractivity contribution in [3.8, 4) is 34.5 Å². The molecule has 0 spiro atoms. The fraction of sp³-hybridized carbons (Fsp3) is 0.149. The zero-order valence-corrected chi connectivity index (χ0v) is 30.5. The number of phenols is 6. The second kappa shape index (κ2) is 14.3. The van der Waals surface area contributed by atoms with Crippen LogP contribution in [0, 0.1) is 13.8 Å². The van der Waals surface area contributed by atoms with E-state index in [1.165, 1.54) is 54.6 Å². The molecule has 0 saturated heterocycles. The van der Waals surface area contributed by atoms with Crippen molar-refractivity contribution in [2.75, 3.05) is 0 Å². The largest absolute Gasteiger partial charge is 0.508 e. The smallest absolute Gasteiger partial charge is 0.123 e. The molecule has 3 aliphatic rings. The molecule has 3 unspecified atom stereocenters. The molecule has 0 amide bonds. The van der Waals surface area contributed by atoms with Gasteiger partial charge in [0.05, 0.1) is 6.10 Å². The maximum atomic E-state index is 12.3. The first-order valence-electron chi connectivity index (χ1n) is 17.9. The molecule has 55 heavy (non-hydrogen) atoms. The minimum atomic E-state index is -1.32. The maximum Gasteiger partial charge on any atom is 0.123 e. The second-order valence-electron chi connectivity index (χ2n) is 14.2. The van der Waals surface area contributed by atoms with Crippen LogP contribution >= 0.6 is 0 Å². The van der Waals surface area contributed by atoms with Gasteiger partial charge in [-0.05, 0) is 107 Å². The molecular weight excluding hydrogens is 693 g/mol. The van der Waals surface area contributed by atoms with Gasteiger partial charge in [-0.1, -0.05) is 72.8 Å². The van der Waals surface area contributed by atoms with Gasteiger partial charge in [0.1, 0.15) is 40.3 Å². The number of hydrogen-bond acceptors (Lipinski definition) is 8. The van der Waals surface area contributed by atoms with Crippen LogP contribution in [0.5, 0.6) is 34.5 Å². The zero-order chi connectivity index (χ0) is 39.2. The number of allylic oxidation sites excluding steroid dienone is 4. The van der Waals surface area contributed by atoms with Crippen LogP contribution in [-0.2, 0) is 5.41 Å². The van der Waals surface area contributed by atoms with Gasteiger partial charge in [0, 0.05) is 52.1 Å². The first-order valence-corrected chi connectivity index (χ1v) is 17.9. The van der Waals surface area contributed by atoms with Gasteiger partial charge in [0.25, 0.3) is 0 Å². The maximum absolute atomic E-state index is 12.3. The SMILES string of the molecule is C/C=C(O)\C=C/C(O)C(c1ccc(O)cc1O)C12C=Cc3cc4ccccc(cc3C=C1)c2c(C)c(C(c1ccc(O)cc1O)c1ccc(O)cc1O)c4C. The van der Waals surface area contributed by atoms with Gasteiger partial charge in [-0.2, -0.15) is 0 Å². The molecule has 8 nitrogen and oxygen atoms in total. The topological polar surface area (TPSA) is 162 Å². The van der Waals surface area contributed by atoms with Crippen LogP contribution in [-0.4, -0.2) is 47.0 Å². The van der Waals surface area contributed by atoms with Crippen molar-refractivity contribution in [2.45, 2.75) is 44.1 Å². The number of fused-ring (bicyclic) bond motifs is 3. The van der Waals surface area contributed by atoms with E-state index in [-0.39, 0.29) is 40.3 Å². The lowest BCUT2D eigenvalue weighted by Crippen LogP contribution is -2.37. The lowest BCUT2D eigenvalue weighted by atomic mass is 9.62. The van der Waals surface area contributed by atoms with Gasteiger partial charge < -0.3 is 40.9 Å². The molecule has 6 bridgehead atoms. The predicted molar refractivity (Wildman–Crippen MR) is 215 cm³/mol. The van der Waals surface area contributed by atoms with Crippen molar-refractivity contribution in [2.24, 2.45) is 0 Å². The number of aromatic hydroxyl groups is 6. The van der Waals surface area contributed by atoms with E-state index < -0.39 is 23.4 Å². The predicted octanol–water partition coefficient (Wildman–Crippen LogP) is 9.45. The molecule has 278 valence electrons. The molecule has 0 radical (unpaired) electrons. The molecule has 8 N–H and O–H groups in total. The Labute approximate surface area is 318 Å². The van der Waals surface area contributed by atoms with Crippen LogP contribution in [0.4, 0.5) is 0 Å². The fourth-order valence-electron chi connectivity index (χ4n) is 8.38. The summed E-state index contributed by atoms with van der Waals surface area (Å²) in [6.07, 6.45) is 11.1. The third kappa shape index (κ3) is 6.51. The average Bonchev–Trinajstić information content (AvgIpc) is 3.41. The lowest BCUT2D eigenvalue weighted by molar-refractivity contribution is 0.166. The van der Waals surface area contributed by atoms with Crippen molar-refractivity contribution >= 4 is 22.9 Å². The highest BCUT2D eigenvalue weighted by Gasteiger charge is 2.45. The molecule has 0 fully saturated rings. The van der Waals surface area contributed by atoms with E-state index >= 15 is 0 Å². The van der Waals surface area contributed by atoms with Crippen LogP contribution < -0.4 is 0 Å². The molecule has 0 saturated carbocycles. The molecule has 3 aliphatic carbocycles. The molecule has 6 aromatic rings. The van der Waals surface area contributed by atoms with Crippen molar-refractivity contribution < 1.29 is 40.9 Å². The van der Waals surface area contributed by atoms with Crippen LogP contribution in [0.1, 0.15) is 68.8 Å². The van der Waals surface area contributed by atoms with Gasteiger partial charge >= 0.3 is 0 Å².